The predicted molar refractivity (Wildman–Crippen MR) is 67.6 cm³/mol. The van der Waals surface area contributed by atoms with Gasteiger partial charge in [0.25, 0.3) is 11.5 Å². The van der Waals surface area contributed by atoms with E-state index in [0.717, 1.165) is 0 Å². The number of nitrogens with zero attached hydrogens (tertiary/aromatic N) is 2. The molecule has 6 nitrogen and oxygen atoms in total. The zero-order valence-corrected chi connectivity index (χ0v) is 11.0. The van der Waals surface area contributed by atoms with E-state index in [-0.39, 0.29) is 18.1 Å². The molecule has 6 heteroatoms. The molecule has 1 aromatic heterocycles. The third-order valence-electron chi connectivity index (χ3n) is 2.82. The molecule has 1 amide bonds. The molecule has 0 unspecified atom stereocenters. The van der Waals surface area contributed by atoms with Crippen molar-refractivity contribution < 1.29 is 9.90 Å². The Balaban J connectivity index is 2.89. The van der Waals surface area contributed by atoms with E-state index in [1.165, 1.54) is 11.7 Å². The fourth-order valence-corrected chi connectivity index (χ4v) is 1.64. The van der Waals surface area contributed by atoms with Gasteiger partial charge in [0.15, 0.2) is 0 Å². The van der Waals surface area contributed by atoms with Gasteiger partial charge in [0, 0.05) is 20.2 Å². The molecular formula is C12H19N3O3. The topological polar surface area (TPSA) is 84.2 Å². The lowest BCUT2D eigenvalue weighted by molar-refractivity contribution is 0.0948. The van der Waals surface area contributed by atoms with Crippen molar-refractivity contribution in [1.29, 1.82) is 0 Å². The highest BCUT2D eigenvalue weighted by Crippen LogP contribution is 2.05. The summed E-state index contributed by atoms with van der Waals surface area (Å²) in [6.45, 7) is 4.03. The quantitative estimate of drug-likeness (QED) is 0.718. The van der Waals surface area contributed by atoms with Crippen LogP contribution < -0.4 is 10.9 Å². The first-order chi connectivity index (χ1) is 8.49. The number of carbonyl (C=O) groups excluding carboxylic acids is 1. The third-order valence-corrected chi connectivity index (χ3v) is 2.82. The zero-order chi connectivity index (χ0) is 13.7. The van der Waals surface area contributed by atoms with E-state index in [4.69, 9.17) is 5.11 Å². The molecule has 0 atom stereocenters. The largest absolute Gasteiger partial charge is 0.396 e. The summed E-state index contributed by atoms with van der Waals surface area (Å²) in [5.41, 5.74) is 1.03. The first-order valence-corrected chi connectivity index (χ1v) is 5.92. The summed E-state index contributed by atoms with van der Waals surface area (Å²) in [6, 6.07) is 0. The second-order valence-corrected chi connectivity index (χ2v) is 4.20. The van der Waals surface area contributed by atoms with Crippen molar-refractivity contribution in [2.24, 2.45) is 7.05 Å². The molecule has 0 aliphatic carbocycles. The lowest BCUT2D eigenvalue weighted by Gasteiger charge is -2.10. The smallest absolute Gasteiger partial charge is 0.279 e. The van der Waals surface area contributed by atoms with Crippen LogP contribution in [0.25, 0.3) is 0 Å². The molecule has 2 N–H and O–H groups in total. The van der Waals surface area contributed by atoms with Gasteiger partial charge >= 0.3 is 0 Å². The molecule has 0 spiro atoms. The lowest BCUT2D eigenvalue weighted by atomic mass is 10.1. The van der Waals surface area contributed by atoms with Gasteiger partial charge in [-0.3, -0.25) is 9.59 Å². The number of unbranched alkanes of at least 4 members (excludes halogenated alkanes) is 1. The molecule has 0 fully saturated rings. The minimum Gasteiger partial charge on any atom is -0.396 e. The van der Waals surface area contributed by atoms with Gasteiger partial charge in [-0.1, -0.05) is 0 Å². The van der Waals surface area contributed by atoms with Crippen molar-refractivity contribution in [3.05, 3.63) is 27.2 Å². The number of amides is 1. The number of hydrogen-bond acceptors (Lipinski definition) is 4. The fourth-order valence-electron chi connectivity index (χ4n) is 1.64. The molecule has 18 heavy (non-hydrogen) atoms. The van der Waals surface area contributed by atoms with Crippen LogP contribution in [0.2, 0.25) is 0 Å². The van der Waals surface area contributed by atoms with E-state index < -0.39 is 5.56 Å². The van der Waals surface area contributed by atoms with E-state index in [1.807, 2.05) is 0 Å². The number of hydrogen-bond donors (Lipinski definition) is 2. The van der Waals surface area contributed by atoms with E-state index in [9.17, 15) is 9.59 Å². The SMILES string of the molecule is Cc1nn(C)c(=O)c(C(=O)NCCCCO)c1C. The molecule has 1 rings (SSSR count). The number of carbonyl (C=O) groups is 1. The summed E-state index contributed by atoms with van der Waals surface area (Å²) in [4.78, 5) is 23.8. The number of aromatic nitrogens is 2. The van der Waals surface area contributed by atoms with E-state index in [1.54, 1.807) is 13.8 Å². The van der Waals surface area contributed by atoms with Crippen LogP contribution in [0.3, 0.4) is 0 Å². The maximum absolute atomic E-state index is 11.9. The van der Waals surface area contributed by atoms with Gasteiger partial charge in [-0.2, -0.15) is 5.10 Å². The number of aliphatic hydroxyl groups is 1. The highest BCUT2D eigenvalue weighted by Gasteiger charge is 2.17. The number of aryl methyl sites for hydroxylation is 2. The van der Waals surface area contributed by atoms with Crippen molar-refractivity contribution >= 4 is 5.91 Å². The Morgan fingerprint density at radius 1 is 1.39 bits per heavy atom. The summed E-state index contributed by atoms with van der Waals surface area (Å²) in [5, 5.41) is 15.3. The van der Waals surface area contributed by atoms with Crippen molar-refractivity contribution in [2.75, 3.05) is 13.2 Å². The van der Waals surface area contributed by atoms with Crippen LogP contribution in [-0.2, 0) is 7.05 Å². The average molecular weight is 253 g/mol. The monoisotopic (exact) mass is 253 g/mol. The molecule has 0 aromatic carbocycles. The molecule has 0 saturated carbocycles. The molecule has 0 bridgehead atoms. The van der Waals surface area contributed by atoms with Crippen LogP contribution in [0.4, 0.5) is 0 Å². The third kappa shape index (κ3) is 3.16. The molecule has 0 saturated heterocycles. The van der Waals surface area contributed by atoms with Crippen LogP contribution in [0.1, 0.15) is 34.5 Å². The maximum atomic E-state index is 11.9. The first kappa shape index (κ1) is 14.4. The van der Waals surface area contributed by atoms with Gasteiger partial charge in [-0.15, -0.1) is 0 Å². The van der Waals surface area contributed by atoms with Crippen molar-refractivity contribution in [3.8, 4) is 0 Å². The van der Waals surface area contributed by atoms with Crippen molar-refractivity contribution in [2.45, 2.75) is 26.7 Å². The second kappa shape index (κ2) is 6.30. The molecule has 0 radical (unpaired) electrons. The van der Waals surface area contributed by atoms with Crippen LogP contribution >= 0.6 is 0 Å². The average Bonchev–Trinajstić information content (AvgIpc) is 2.32. The maximum Gasteiger partial charge on any atom is 0.279 e. The molecule has 1 aromatic rings. The Hall–Kier alpha value is -1.69. The number of nitrogens with one attached hydrogen (secondary N) is 1. The molecule has 0 aliphatic rings. The molecule has 1 heterocycles. The summed E-state index contributed by atoms with van der Waals surface area (Å²) in [6.07, 6.45) is 1.32. The van der Waals surface area contributed by atoms with Gasteiger partial charge < -0.3 is 10.4 Å². The lowest BCUT2D eigenvalue weighted by Crippen LogP contribution is -2.35. The van der Waals surface area contributed by atoms with Crippen LogP contribution in [-0.4, -0.2) is 33.9 Å². The Labute approximate surface area is 106 Å². The van der Waals surface area contributed by atoms with Crippen LogP contribution in [0.15, 0.2) is 4.79 Å². The predicted octanol–water partition coefficient (Wildman–Crippen LogP) is -0.101. The minimum atomic E-state index is -0.391. The van der Waals surface area contributed by atoms with E-state index >= 15 is 0 Å². The second-order valence-electron chi connectivity index (χ2n) is 4.20. The van der Waals surface area contributed by atoms with Gasteiger partial charge in [-0.05, 0) is 32.3 Å². The van der Waals surface area contributed by atoms with Gasteiger partial charge in [0.2, 0.25) is 0 Å². The molecule has 0 aliphatic heterocycles. The number of aliphatic hydroxyl groups excluding tert-OH is 1. The van der Waals surface area contributed by atoms with Crippen molar-refractivity contribution in [3.63, 3.8) is 0 Å². The van der Waals surface area contributed by atoms with E-state index in [0.29, 0.717) is 30.6 Å². The van der Waals surface area contributed by atoms with E-state index in [2.05, 4.69) is 10.4 Å². The fraction of sp³-hybridized carbons (Fsp3) is 0.583. The highest BCUT2D eigenvalue weighted by atomic mass is 16.3. The van der Waals surface area contributed by atoms with Gasteiger partial charge in [-0.25, -0.2) is 4.68 Å². The Bertz CT molecular complexity index is 494. The summed E-state index contributed by atoms with van der Waals surface area (Å²) in [7, 11) is 1.53. The minimum absolute atomic E-state index is 0.102. The summed E-state index contributed by atoms with van der Waals surface area (Å²) < 4.78 is 1.17. The Morgan fingerprint density at radius 3 is 2.67 bits per heavy atom. The summed E-state index contributed by atoms with van der Waals surface area (Å²) in [5.74, 6) is -0.378. The molecule has 100 valence electrons. The van der Waals surface area contributed by atoms with Gasteiger partial charge in [0.1, 0.15) is 5.56 Å². The van der Waals surface area contributed by atoms with Crippen LogP contribution in [0.5, 0.6) is 0 Å². The zero-order valence-electron chi connectivity index (χ0n) is 11.0. The first-order valence-electron chi connectivity index (χ1n) is 5.92. The van der Waals surface area contributed by atoms with Crippen LogP contribution in [0, 0.1) is 13.8 Å². The Morgan fingerprint density at radius 2 is 2.06 bits per heavy atom. The molecular weight excluding hydrogens is 234 g/mol. The van der Waals surface area contributed by atoms with Gasteiger partial charge in [0.05, 0.1) is 5.69 Å². The Kier molecular flexibility index (Phi) is 5.03. The standard InChI is InChI=1S/C12H19N3O3/c1-8-9(2)14-15(3)12(18)10(8)11(17)13-6-4-5-7-16/h16H,4-7H2,1-3H3,(H,13,17). The normalized spacial score (nSPS) is 10.4. The summed E-state index contributed by atoms with van der Waals surface area (Å²) >= 11 is 0. The van der Waals surface area contributed by atoms with Crippen molar-refractivity contribution in [1.82, 2.24) is 15.1 Å². The number of rotatable bonds is 5. The highest BCUT2D eigenvalue weighted by molar-refractivity contribution is 5.95.